The molecule has 5 aromatic rings. The Bertz CT molecular complexity index is 1600. The summed E-state index contributed by atoms with van der Waals surface area (Å²) in [5, 5.41) is 5.05. The van der Waals surface area contributed by atoms with Crippen LogP contribution in [-0.4, -0.2) is 47.2 Å². The van der Waals surface area contributed by atoms with Crippen molar-refractivity contribution in [2.75, 3.05) is 24.7 Å². The monoisotopic (exact) mass is 523 g/mol. The minimum Gasteiger partial charge on any atom is -0.497 e. The van der Waals surface area contributed by atoms with Gasteiger partial charge >= 0.3 is 0 Å². The number of imidazole rings is 1. The lowest BCUT2D eigenvalue weighted by Gasteiger charge is -2.09. The molecule has 11 heteroatoms. The first kappa shape index (κ1) is 23.9. The molecular weight excluding hydrogens is 501 g/mol. The molecule has 0 radical (unpaired) electrons. The van der Waals surface area contributed by atoms with Crippen molar-refractivity contribution in [3.63, 3.8) is 0 Å². The molecule has 0 atom stereocenters. The highest BCUT2D eigenvalue weighted by Crippen LogP contribution is 2.33. The van der Waals surface area contributed by atoms with Crippen molar-refractivity contribution >= 4 is 32.1 Å². The van der Waals surface area contributed by atoms with Crippen molar-refractivity contribution in [1.82, 2.24) is 19.4 Å². The van der Waals surface area contributed by atoms with E-state index in [2.05, 4.69) is 15.3 Å². The Morgan fingerprint density at radius 3 is 2.58 bits per heavy atom. The topological polar surface area (TPSA) is 98.5 Å². The van der Waals surface area contributed by atoms with Crippen LogP contribution in [0.15, 0.2) is 77.3 Å². The van der Waals surface area contributed by atoms with Crippen LogP contribution in [0.2, 0.25) is 0 Å². The Balaban J connectivity index is 1.31. The second-order valence-electron chi connectivity index (χ2n) is 7.91. The zero-order valence-electron chi connectivity index (χ0n) is 19.3. The third kappa shape index (κ3) is 4.93. The van der Waals surface area contributed by atoms with Gasteiger partial charge in [0.2, 0.25) is 5.95 Å². The molecule has 3 aromatic heterocycles. The number of thiazole rings is 1. The van der Waals surface area contributed by atoms with E-state index in [-0.39, 0.29) is 16.5 Å². The number of methoxy groups -OCH3 is 1. The first-order chi connectivity index (χ1) is 17.4. The van der Waals surface area contributed by atoms with E-state index in [0.29, 0.717) is 36.1 Å². The summed E-state index contributed by atoms with van der Waals surface area (Å²) < 4.78 is 45.7. The zero-order chi connectivity index (χ0) is 25.1. The summed E-state index contributed by atoms with van der Waals surface area (Å²) in [6, 6.07) is 14.3. The van der Waals surface area contributed by atoms with Crippen LogP contribution in [-0.2, 0) is 9.84 Å². The van der Waals surface area contributed by atoms with E-state index < -0.39 is 9.84 Å². The minimum absolute atomic E-state index is 0.0150. The second kappa shape index (κ2) is 10.0. The summed E-state index contributed by atoms with van der Waals surface area (Å²) in [5.74, 6) is 0.653. The number of rotatable bonds is 9. The van der Waals surface area contributed by atoms with Crippen LogP contribution in [0.4, 0.5) is 10.3 Å². The summed E-state index contributed by atoms with van der Waals surface area (Å²) >= 11 is 1.49. The molecule has 8 nitrogen and oxygen atoms in total. The lowest BCUT2D eigenvalue weighted by atomic mass is 10.1. The van der Waals surface area contributed by atoms with Gasteiger partial charge in [0.05, 0.1) is 29.1 Å². The van der Waals surface area contributed by atoms with E-state index in [1.165, 1.54) is 30.6 Å². The first-order valence-corrected chi connectivity index (χ1v) is 13.6. The van der Waals surface area contributed by atoms with Crippen LogP contribution < -0.4 is 10.1 Å². The van der Waals surface area contributed by atoms with Gasteiger partial charge in [0.15, 0.2) is 14.8 Å². The van der Waals surface area contributed by atoms with Gasteiger partial charge in [0.25, 0.3) is 0 Å². The standard InChI is InChI=1S/C25H22FN5O3S2/c1-34-19-7-9-20(10-8-19)36(32,33)16-2-12-27-24-28-13-11-21(29-24)23-22(17-3-5-18(26)6-4-17)30-25-31(23)14-15-35-25/h3-11,13-15H,2,12,16H2,1H3,(H,27,28,29). The van der Waals surface area contributed by atoms with Crippen molar-refractivity contribution in [2.45, 2.75) is 11.3 Å². The molecule has 0 aliphatic rings. The van der Waals surface area contributed by atoms with Gasteiger partial charge in [-0.15, -0.1) is 11.3 Å². The maximum Gasteiger partial charge on any atom is 0.223 e. The molecule has 0 spiro atoms. The summed E-state index contributed by atoms with van der Waals surface area (Å²) in [6.45, 7) is 0.379. The van der Waals surface area contributed by atoms with Crippen LogP contribution in [0.25, 0.3) is 27.6 Å². The fourth-order valence-electron chi connectivity index (χ4n) is 3.78. The van der Waals surface area contributed by atoms with Gasteiger partial charge in [-0.05, 0) is 61.0 Å². The Morgan fingerprint density at radius 2 is 1.83 bits per heavy atom. The molecule has 0 unspecified atom stereocenters. The van der Waals surface area contributed by atoms with E-state index in [1.54, 1.807) is 48.7 Å². The van der Waals surface area contributed by atoms with Crippen LogP contribution in [0.3, 0.4) is 0 Å². The highest BCUT2D eigenvalue weighted by molar-refractivity contribution is 7.91. The predicted octanol–water partition coefficient (Wildman–Crippen LogP) is 4.94. The van der Waals surface area contributed by atoms with E-state index >= 15 is 0 Å². The molecule has 5 rings (SSSR count). The molecular formula is C25H22FN5O3S2. The number of aromatic nitrogens is 4. The van der Waals surface area contributed by atoms with Crippen LogP contribution in [0, 0.1) is 5.82 Å². The largest absolute Gasteiger partial charge is 0.497 e. The molecule has 0 saturated carbocycles. The molecule has 0 aliphatic heterocycles. The number of nitrogens with zero attached hydrogens (tertiary/aromatic N) is 4. The molecule has 0 amide bonds. The van der Waals surface area contributed by atoms with Crippen LogP contribution in [0.5, 0.6) is 5.75 Å². The number of ether oxygens (including phenoxy) is 1. The maximum absolute atomic E-state index is 13.5. The quantitative estimate of drug-likeness (QED) is 0.273. The summed E-state index contributed by atoms with van der Waals surface area (Å²) in [4.78, 5) is 14.7. The molecule has 2 aromatic carbocycles. The number of benzene rings is 2. The van der Waals surface area contributed by atoms with Gasteiger partial charge in [0, 0.05) is 29.9 Å². The van der Waals surface area contributed by atoms with E-state index in [1.807, 2.05) is 16.0 Å². The molecule has 0 aliphatic carbocycles. The van der Waals surface area contributed by atoms with Gasteiger partial charge in [-0.25, -0.2) is 27.8 Å². The number of sulfone groups is 1. The summed E-state index contributed by atoms with van der Waals surface area (Å²) in [7, 11) is -1.88. The fraction of sp³-hybridized carbons (Fsp3) is 0.160. The normalized spacial score (nSPS) is 11.6. The zero-order valence-corrected chi connectivity index (χ0v) is 20.9. The third-order valence-corrected chi connectivity index (χ3v) is 8.14. The van der Waals surface area contributed by atoms with Crippen LogP contribution >= 0.6 is 11.3 Å². The van der Waals surface area contributed by atoms with Gasteiger partial charge in [-0.3, -0.25) is 4.40 Å². The van der Waals surface area contributed by atoms with Gasteiger partial charge in [-0.2, -0.15) is 0 Å². The molecule has 0 fully saturated rings. The van der Waals surface area contributed by atoms with E-state index in [0.717, 1.165) is 16.2 Å². The molecule has 36 heavy (non-hydrogen) atoms. The molecule has 0 bridgehead atoms. The van der Waals surface area contributed by atoms with Crippen molar-refractivity contribution < 1.29 is 17.5 Å². The minimum atomic E-state index is -3.41. The number of fused-ring (bicyclic) bond motifs is 1. The average Bonchev–Trinajstić information content (AvgIpc) is 3.49. The summed E-state index contributed by atoms with van der Waals surface area (Å²) in [6.07, 6.45) is 3.93. The number of nitrogens with one attached hydrogen (secondary N) is 1. The number of anilines is 1. The van der Waals surface area contributed by atoms with Crippen molar-refractivity contribution in [3.05, 3.63) is 78.2 Å². The average molecular weight is 524 g/mol. The van der Waals surface area contributed by atoms with Gasteiger partial charge in [0.1, 0.15) is 17.3 Å². The highest BCUT2D eigenvalue weighted by atomic mass is 32.2. The molecule has 0 saturated heterocycles. The van der Waals surface area contributed by atoms with Crippen LogP contribution in [0.1, 0.15) is 6.42 Å². The second-order valence-corrected chi connectivity index (χ2v) is 10.9. The molecule has 184 valence electrons. The predicted molar refractivity (Wildman–Crippen MR) is 138 cm³/mol. The van der Waals surface area contributed by atoms with E-state index in [4.69, 9.17) is 9.72 Å². The maximum atomic E-state index is 13.5. The SMILES string of the molecule is COc1ccc(S(=O)(=O)CCCNc2nccc(-c3c(-c4ccc(F)cc4)nc4sccn34)n2)cc1. The smallest absolute Gasteiger partial charge is 0.223 e. The lowest BCUT2D eigenvalue weighted by molar-refractivity contribution is 0.414. The van der Waals surface area contributed by atoms with Crippen molar-refractivity contribution in [2.24, 2.45) is 0 Å². The van der Waals surface area contributed by atoms with Gasteiger partial charge in [-0.1, -0.05) is 0 Å². The van der Waals surface area contributed by atoms with Crippen molar-refractivity contribution in [1.29, 1.82) is 0 Å². The Morgan fingerprint density at radius 1 is 1.06 bits per heavy atom. The number of hydrogen-bond donors (Lipinski definition) is 1. The third-order valence-electron chi connectivity index (χ3n) is 5.57. The van der Waals surface area contributed by atoms with Crippen molar-refractivity contribution in [3.8, 4) is 28.4 Å². The van der Waals surface area contributed by atoms with E-state index in [9.17, 15) is 12.8 Å². The highest BCUT2D eigenvalue weighted by Gasteiger charge is 2.19. The fourth-order valence-corrected chi connectivity index (χ4v) is 5.80. The van der Waals surface area contributed by atoms with Gasteiger partial charge < -0.3 is 10.1 Å². The Hall–Kier alpha value is -3.83. The molecule has 1 N–H and O–H groups in total. The summed E-state index contributed by atoms with van der Waals surface area (Å²) in [5.41, 5.74) is 2.88. The first-order valence-electron chi connectivity index (χ1n) is 11.1. The molecule has 3 heterocycles. The number of halogens is 1. The number of hydrogen-bond acceptors (Lipinski definition) is 8. The Labute approximate surface area is 211 Å². The Kier molecular flexibility index (Phi) is 6.66. The lowest BCUT2D eigenvalue weighted by Crippen LogP contribution is -2.13.